The molecule has 0 spiro atoms. The molecule has 2 N–H and O–H groups in total. The van der Waals surface area contributed by atoms with Crippen LogP contribution in [0.15, 0.2) is 34.9 Å². The molecule has 2 atom stereocenters. The highest BCUT2D eigenvalue weighted by Crippen LogP contribution is 2.25. The summed E-state index contributed by atoms with van der Waals surface area (Å²) >= 11 is 0. The van der Waals surface area contributed by atoms with Crippen LogP contribution in [0.5, 0.6) is 0 Å². The second kappa shape index (κ2) is 5.34. The normalized spacial score (nSPS) is 21.8. The highest BCUT2D eigenvalue weighted by atomic mass is 16.5. The van der Waals surface area contributed by atoms with E-state index >= 15 is 0 Å². The Morgan fingerprint density at radius 2 is 2.15 bits per heavy atom. The highest BCUT2D eigenvalue weighted by molar-refractivity contribution is 5.28. The van der Waals surface area contributed by atoms with Crippen LogP contribution >= 0.6 is 0 Å². The van der Waals surface area contributed by atoms with Gasteiger partial charge in [0, 0.05) is 13.0 Å². The summed E-state index contributed by atoms with van der Waals surface area (Å²) in [6, 6.07) is 9.78. The molecule has 2 aromatic rings. The van der Waals surface area contributed by atoms with Crippen LogP contribution in [0.25, 0.3) is 0 Å². The number of rotatable bonds is 4. The predicted molar refractivity (Wildman–Crippen MR) is 74.1 cm³/mol. The van der Waals surface area contributed by atoms with Crippen molar-refractivity contribution in [2.45, 2.75) is 37.8 Å². The highest BCUT2D eigenvalue weighted by Gasteiger charge is 2.31. The summed E-state index contributed by atoms with van der Waals surface area (Å²) in [5.74, 6) is 1.11. The molecule has 0 bridgehead atoms. The summed E-state index contributed by atoms with van der Waals surface area (Å²) in [4.78, 5) is 4.44. The van der Waals surface area contributed by atoms with Crippen molar-refractivity contribution in [2.75, 3.05) is 6.61 Å². The molecule has 0 aliphatic carbocycles. The van der Waals surface area contributed by atoms with E-state index in [4.69, 9.17) is 15.0 Å². The first-order valence-electron chi connectivity index (χ1n) is 6.95. The lowest BCUT2D eigenvalue weighted by Gasteiger charge is -2.20. The third-order valence-electron chi connectivity index (χ3n) is 3.72. The van der Waals surface area contributed by atoms with E-state index < -0.39 is 5.54 Å². The maximum Gasteiger partial charge on any atom is 0.251 e. The first kappa shape index (κ1) is 13.3. The van der Waals surface area contributed by atoms with Gasteiger partial charge in [0.05, 0.1) is 6.10 Å². The molecular weight excluding hydrogens is 254 g/mol. The molecule has 5 heteroatoms. The first-order valence-corrected chi connectivity index (χ1v) is 6.95. The molecule has 0 amide bonds. The van der Waals surface area contributed by atoms with Gasteiger partial charge in [0.1, 0.15) is 5.54 Å². The van der Waals surface area contributed by atoms with Gasteiger partial charge in [-0.15, -0.1) is 0 Å². The Balaban J connectivity index is 1.78. The molecule has 1 aliphatic rings. The summed E-state index contributed by atoms with van der Waals surface area (Å²) < 4.78 is 10.9. The fraction of sp³-hybridized carbons (Fsp3) is 0.467. The Bertz CT molecular complexity index is 560. The Hall–Kier alpha value is -1.72. The van der Waals surface area contributed by atoms with Gasteiger partial charge in [-0.3, -0.25) is 0 Å². The van der Waals surface area contributed by atoms with Crippen molar-refractivity contribution in [3.05, 3.63) is 47.6 Å². The van der Waals surface area contributed by atoms with Gasteiger partial charge in [-0.1, -0.05) is 35.5 Å². The summed E-state index contributed by atoms with van der Waals surface area (Å²) in [6.07, 6.45) is 3.06. The summed E-state index contributed by atoms with van der Waals surface area (Å²) in [5, 5.41) is 4.03. The van der Waals surface area contributed by atoms with E-state index in [1.165, 1.54) is 0 Å². The lowest BCUT2D eigenvalue weighted by atomic mass is 9.93. The molecule has 20 heavy (non-hydrogen) atoms. The van der Waals surface area contributed by atoms with Gasteiger partial charge in [0.25, 0.3) is 5.89 Å². The molecule has 1 aromatic carbocycles. The molecule has 1 aromatic heterocycles. The third kappa shape index (κ3) is 2.59. The number of benzene rings is 1. The monoisotopic (exact) mass is 273 g/mol. The molecule has 5 nitrogen and oxygen atoms in total. The van der Waals surface area contributed by atoms with Gasteiger partial charge >= 0.3 is 0 Å². The van der Waals surface area contributed by atoms with E-state index in [0.29, 0.717) is 18.1 Å². The van der Waals surface area contributed by atoms with Crippen LogP contribution in [0.2, 0.25) is 0 Å². The van der Waals surface area contributed by atoms with Gasteiger partial charge < -0.3 is 15.0 Å². The SMILES string of the molecule is CC(N)(c1ccccc1)c1nc(CC2CCCO2)no1. The van der Waals surface area contributed by atoms with Crippen molar-refractivity contribution in [1.82, 2.24) is 10.1 Å². The standard InChI is InChI=1S/C15H19N3O2/c1-15(16,11-6-3-2-4-7-11)14-17-13(18-20-14)10-12-8-5-9-19-12/h2-4,6-7,12H,5,8-10,16H2,1H3. The van der Waals surface area contributed by atoms with Crippen LogP contribution in [0.4, 0.5) is 0 Å². The minimum Gasteiger partial charge on any atom is -0.378 e. The number of aromatic nitrogens is 2. The number of nitrogens with zero attached hydrogens (tertiary/aromatic N) is 2. The second-order valence-corrected chi connectivity index (χ2v) is 5.42. The van der Waals surface area contributed by atoms with Gasteiger partial charge in [0.15, 0.2) is 5.82 Å². The molecule has 0 radical (unpaired) electrons. The molecule has 2 heterocycles. The zero-order valence-electron chi connectivity index (χ0n) is 11.6. The topological polar surface area (TPSA) is 74.2 Å². The van der Waals surface area contributed by atoms with Crippen LogP contribution in [-0.2, 0) is 16.7 Å². The smallest absolute Gasteiger partial charge is 0.251 e. The first-order chi connectivity index (χ1) is 9.66. The van der Waals surface area contributed by atoms with Crippen molar-refractivity contribution in [3.8, 4) is 0 Å². The average Bonchev–Trinajstić information content (AvgIpc) is 3.12. The Labute approximate surface area is 118 Å². The molecule has 1 saturated heterocycles. The Morgan fingerprint density at radius 1 is 1.35 bits per heavy atom. The van der Waals surface area contributed by atoms with Crippen molar-refractivity contribution in [1.29, 1.82) is 0 Å². The molecule has 106 valence electrons. The maximum atomic E-state index is 6.35. The van der Waals surface area contributed by atoms with Crippen LogP contribution in [-0.4, -0.2) is 22.9 Å². The van der Waals surface area contributed by atoms with Crippen LogP contribution < -0.4 is 5.73 Å². The van der Waals surface area contributed by atoms with Gasteiger partial charge in [-0.05, 0) is 25.3 Å². The molecule has 2 unspecified atom stereocenters. The minimum atomic E-state index is -0.775. The number of hydrogen-bond acceptors (Lipinski definition) is 5. The molecular formula is C15H19N3O2. The lowest BCUT2D eigenvalue weighted by Crippen LogP contribution is -2.34. The van der Waals surface area contributed by atoms with Gasteiger partial charge in [-0.25, -0.2) is 0 Å². The molecule has 3 rings (SSSR count). The van der Waals surface area contributed by atoms with Crippen LogP contribution in [0.1, 0.15) is 37.0 Å². The van der Waals surface area contributed by atoms with E-state index in [9.17, 15) is 0 Å². The zero-order chi connectivity index (χ0) is 14.0. The minimum absolute atomic E-state index is 0.209. The quantitative estimate of drug-likeness (QED) is 0.922. The van der Waals surface area contributed by atoms with Crippen LogP contribution in [0, 0.1) is 0 Å². The van der Waals surface area contributed by atoms with Gasteiger partial charge in [-0.2, -0.15) is 4.98 Å². The van der Waals surface area contributed by atoms with Crippen molar-refractivity contribution < 1.29 is 9.26 Å². The predicted octanol–water partition coefficient (Wildman–Crippen LogP) is 2.01. The number of nitrogens with two attached hydrogens (primary N) is 1. The summed E-state index contributed by atoms with van der Waals surface area (Å²) in [5.41, 5.74) is 6.53. The van der Waals surface area contributed by atoms with E-state index in [1.807, 2.05) is 37.3 Å². The Kier molecular flexibility index (Phi) is 3.54. The van der Waals surface area contributed by atoms with Gasteiger partial charge in [0.2, 0.25) is 0 Å². The van der Waals surface area contributed by atoms with Crippen molar-refractivity contribution in [2.24, 2.45) is 5.73 Å². The zero-order valence-corrected chi connectivity index (χ0v) is 11.6. The van der Waals surface area contributed by atoms with E-state index in [2.05, 4.69) is 10.1 Å². The Morgan fingerprint density at radius 3 is 2.85 bits per heavy atom. The fourth-order valence-electron chi connectivity index (χ4n) is 2.46. The van der Waals surface area contributed by atoms with Crippen molar-refractivity contribution >= 4 is 0 Å². The lowest BCUT2D eigenvalue weighted by molar-refractivity contribution is 0.109. The fourth-order valence-corrected chi connectivity index (χ4v) is 2.46. The number of ether oxygens (including phenoxy) is 1. The van der Waals surface area contributed by atoms with Crippen LogP contribution in [0.3, 0.4) is 0 Å². The molecule has 1 aliphatic heterocycles. The average molecular weight is 273 g/mol. The van der Waals surface area contributed by atoms with E-state index in [1.54, 1.807) is 0 Å². The third-order valence-corrected chi connectivity index (χ3v) is 3.72. The maximum absolute atomic E-state index is 6.35. The largest absolute Gasteiger partial charge is 0.378 e. The second-order valence-electron chi connectivity index (χ2n) is 5.42. The summed E-state index contributed by atoms with van der Waals surface area (Å²) in [6.45, 7) is 2.71. The van der Waals surface area contributed by atoms with Crippen molar-refractivity contribution in [3.63, 3.8) is 0 Å². The van der Waals surface area contributed by atoms with E-state index in [0.717, 1.165) is 25.0 Å². The number of hydrogen-bond donors (Lipinski definition) is 1. The summed E-state index contributed by atoms with van der Waals surface area (Å²) in [7, 11) is 0. The van der Waals surface area contributed by atoms with E-state index in [-0.39, 0.29) is 6.10 Å². The molecule has 1 fully saturated rings. The molecule has 0 saturated carbocycles.